The van der Waals surface area contributed by atoms with E-state index in [1.165, 1.54) is 25.7 Å². The molecule has 4 atom stereocenters. The third-order valence-electron chi connectivity index (χ3n) is 7.04. The molecule has 0 N–H and O–H groups in total. The lowest BCUT2D eigenvalue weighted by Crippen LogP contribution is -2.25. The van der Waals surface area contributed by atoms with E-state index in [1.54, 1.807) is 38.5 Å². The Kier molecular flexibility index (Phi) is 5.83. The summed E-state index contributed by atoms with van der Waals surface area (Å²) in [5, 5.41) is 0. The molecule has 3 aliphatic carbocycles. The highest BCUT2D eigenvalue weighted by Crippen LogP contribution is 2.56. The lowest BCUT2D eigenvalue weighted by atomic mass is 9.71. The Labute approximate surface area is 138 Å². The van der Waals surface area contributed by atoms with Crippen molar-refractivity contribution >= 4 is 0 Å². The first-order valence-electron chi connectivity index (χ1n) is 10.0. The predicted octanol–water partition coefficient (Wildman–Crippen LogP) is 6.78. The van der Waals surface area contributed by atoms with E-state index < -0.39 is 0 Å². The second kappa shape index (κ2) is 7.84. The van der Waals surface area contributed by atoms with Crippen LogP contribution in [-0.4, -0.2) is 0 Å². The summed E-state index contributed by atoms with van der Waals surface area (Å²) in [5.74, 6) is 6.51. The fourth-order valence-corrected chi connectivity index (χ4v) is 6.08. The van der Waals surface area contributed by atoms with Crippen molar-refractivity contribution in [2.75, 3.05) is 0 Å². The highest BCUT2D eigenvalue weighted by atomic mass is 14.5. The number of allylic oxidation sites excluding steroid dienone is 4. The van der Waals surface area contributed by atoms with E-state index in [9.17, 15) is 0 Å². The Bertz CT molecular complexity index is 333. The third kappa shape index (κ3) is 3.87. The van der Waals surface area contributed by atoms with Gasteiger partial charge in [-0.15, -0.1) is 0 Å². The summed E-state index contributed by atoms with van der Waals surface area (Å²) in [6.07, 6.45) is 24.2. The molecular formula is C22H36. The van der Waals surface area contributed by atoms with Crippen molar-refractivity contribution in [2.24, 2.45) is 35.5 Å². The van der Waals surface area contributed by atoms with Crippen LogP contribution in [0.4, 0.5) is 0 Å². The van der Waals surface area contributed by atoms with E-state index in [1.807, 2.05) is 0 Å². The lowest BCUT2D eigenvalue weighted by molar-refractivity contribution is 0.157. The van der Waals surface area contributed by atoms with Gasteiger partial charge in [0.05, 0.1) is 0 Å². The molecule has 4 unspecified atom stereocenters. The standard InChI is InChI=1S/C22H36/c1-3-5-7-9-17-11-19-15-21-13-18(10-8-6-4-2)14-22(21)16-20(19)12-17/h3-6,17-22H,7-16H2,1-2H3/b5-3+,6-4+. The van der Waals surface area contributed by atoms with Gasteiger partial charge in [0.2, 0.25) is 0 Å². The third-order valence-corrected chi connectivity index (χ3v) is 7.04. The van der Waals surface area contributed by atoms with Crippen molar-refractivity contribution in [3.8, 4) is 0 Å². The average Bonchev–Trinajstić information content (AvgIpc) is 3.07. The smallest absolute Gasteiger partial charge is 0.0348 e. The van der Waals surface area contributed by atoms with Crippen LogP contribution in [0.5, 0.6) is 0 Å². The largest absolute Gasteiger partial charge is 0.0917 e. The molecule has 0 saturated heterocycles. The molecule has 3 saturated carbocycles. The molecule has 3 fully saturated rings. The van der Waals surface area contributed by atoms with Crippen LogP contribution in [0.2, 0.25) is 0 Å². The van der Waals surface area contributed by atoms with Gasteiger partial charge in [0.1, 0.15) is 0 Å². The first-order chi connectivity index (χ1) is 10.8. The molecule has 0 aromatic rings. The maximum atomic E-state index is 2.37. The van der Waals surface area contributed by atoms with Crippen molar-refractivity contribution in [3.05, 3.63) is 24.3 Å². The number of fused-ring (bicyclic) bond motifs is 2. The first kappa shape index (κ1) is 16.3. The summed E-state index contributed by atoms with van der Waals surface area (Å²) >= 11 is 0. The topological polar surface area (TPSA) is 0 Å². The van der Waals surface area contributed by atoms with Gasteiger partial charge < -0.3 is 0 Å². The van der Waals surface area contributed by atoms with Gasteiger partial charge in [-0.2, -0.15) is 0 Å². The quantitative estimate of drug-likeness (QED) is 0.474. The molecule has 0 bridgehead atoms. The fraction of sp³-hybridized carbons (Fsp3) is 0.818. The highest BCUT2D eigenvalue weighted by molar-refractivity contribution is 4.97. The Balaban J connectivity index is 1.46. The van der Waals surface area contributed by atoms with Crippen molar-refractivity contribution in [1.29, 1.82) is 0 Å². The second-order valence-corrected chi connectivity index (χ2v) is 8.48. The molecule has 3 rings (SSSR count). The zero-order valence-corrected chi connectivity index (χ0v) is 14.8. The van der Waals surface area contributed by atoms with E-state index in [-0.39, 0.29) is 0 Å². The zero-order valence-electron chi connectivity index (χ0n) is 14.8. The molecule has 124 valence electrons. The second-order valence-electron chi connectivity index (χ2n) is 8.48. The van der Waals surface area contributed by atoms with Crippen LogP contribution in [0.25, 0.3) is 0 Å². The SMILES string of the molecule is C/C=C/CCC1CC2CC3CC(CC/C=C/C)CC3CC2C1. The van der Waals surface area contributed by atoms with E-state index in [0.717, 1.165) is 35.5 Å². The summed E-state index contributed by atoms with van der Waals surface area (Å²) in [6, 6.07) is 0. The molecule has 0 heteroatoms. The van der Waals surface area contributed by atoms with E-state index in [4.69, 9.17) is 0 Å². The van der Waals surface area contributed by atoms with Gasteiger partial charge in [0, 0.05) is 0 Å². The van der Waals surface area contributed by atoms with Crippen LogP contribution in [0.1, 0.15) is 78.1 Å². The molecule has 0 spiro atoms. The van der Waals surface area contributed by atoms with Crippen LogP contribution in [-0.2, 0) is 0 Å². The van der Waals surface area contributed by atoms with Crippen LogP contribution in [0.3, 0.4) is 0 Å². The first-order valence-corrected chi connectivity index (χ1v) is 10.0. The maximum Gasteiger partial charge on any atom is -0.0348 e. The van der Waals surface area contributed by atoms with Crippen LogP contribution >= 0.6 is 0 Å². The van der Waals surface area contributed by atoms with Gasteiger partial charge in [-0.25, -0.2) is 0 Å². The summed E-state index contributed by atoms with van der Waals surface area (Å²) < 4.78 is 0. The highest BCUT2D eigenvalue weighted by Gasteiger charge is 2.45. The molecule has 0 aromatic heterocycles. The van der Waals surface area contributed by atoms with Gasteiger partial charge in [-0.3, -0.25) is 0 Å². The van der Waals surface area contributed by atoms with E-state index in [0.29, 0.717) is 0 Å². The Morgan fingerprint density at radius 3 is 1.27 bits per heavy atom. The Morgan fingerprint density at radius 2 is 0.955 bits per heavy atom. The summed E-state index contributed by atoms with van der Waals surface area (Å²) in [4.78, 5) is 0. The zero-order chi connectivity index (χ0) is 15.4. The molecule has 0 aromatic carbocycles. The minimum absolute atomic E-state index is 1.05. The monoisotopic (exact) mass is 300 g/mol. The number of rotatable bonds is 6. The van der Waals surface area contributed by atoms with Crippen LogP contribution < -0.4 is 0 Å². The molecule has 0 aliphatic heterocycles. The van der Waals surface area contributed by atoms with Gasteiger partial charge in [0.25, 0.3) is 0 Å². The normalized spacial score (nSPS) is 41.4. The van der Waals surface area contributed by atoms with Gasteiger partial charge in [0.15, 0.2) is 0 Å². The maximum absolute atomic E-state index is 2.37. The molecule has 0 nitrogen and oxygen atoms in total. The molecule has 3 aliphatic rings. The summed E-state index contributed by atoms with van der Waals surface area (Å²) in [7, 11) is 0. The minimum atomic E-state index is 1.05. The molecule has 0 heterocycles. The van der Waals surface area contributed by atoms with E-state index in [2.05, 4.69) is 38.2 Å². The van der Waals surface area contributed by atoms with Crippen LogP contribution in [0, 0.1) is 35.5 Å². The molecular weight excluding hydrogens is 264 g/mol. The van der Waals surface area contributed by atoms with Gasteiger partial charge in [-0.1, -0.05) is 24.3 Å². The van der Waals surface area contributed by atoms with Gasteiger partial charge in [-0.05, 0) is 114 Å². The van der Waals surface area contributed by atoms with Gasteiger partial charge >= 0.3 is 0 Å². The van der Waals surface area contributed by atoms with E-state index >= 15 is 0 Å². The van der Waals surface area contributed by atoms with Crippen molar-refractivity contribution in [1.82, 2.24) is 0 Å². The van der Waals surface area contributed by atoms with Crippen molar-refractivity contribution < 1.29 is 0 Å². The van der Waals surface area contributed by atoms with Crippen molar-refractivity contribution in [2.45, 2.75) is 78.1 Å². The molecule has 22 heavy (non-hydrogen) atoms. The Morgan fingerprint density at radius 1 is 0.591 bits per heavy atom. The van der Waals surface area contributed by atoms with Crippen molar-refractivity contribution in [3.63, 3.8) is 0 Å². The predicted molar refractivity (Wildman–Crippen MR) is 96.7 cm³/mol. The summed E-state index contributed by atoms with van der Waals surface area (Å²) in [6.45, 7) is 4.31. The molecule has 0 radical (unpaired) electrons. The average molecular weight is 301 g/mol. The Hall–Kier alpha value is -0.520. The minimum Gasteiger partial charge on any atom is -0.0917 e. The van der Waals surface area contributed by atoms with Crippen LogP contribution in [0.15, 0.2) is 24.3 Å². The molecule has 0 amide bonds. The lowest BCUT2D eigenvalue weighted by Gasteiger charge is -2.34. The number of hydrogen-bond donors (Lipinski definition) is 0. The fourth-order valence-electron chi connectivity index (χ4n) is 6.08. The summed E-state index contributed by atoms with van der Waals surface area (Å²) in [5.41, 5.74) is 0. The number of hydrogen-bond acceptors (Lipinski definition) is 0.